The highest BCUT2D eigenvalue weighted by Crippen LogP contribution is 2.34. The molecular weight excluding hydrogens is 220 g/mol. The molecule has 0 bridgehead atoms. The molecule has 1 aromatic carbocycles. The normalized spacial score (nSPS) is 27.5. The molecule has 0 saturated heterocycles. The van der Waals surface area contributed by atoms with E-state index in [1.165, 1.54) is 0 Å². The minimum absolute atomic E-state index is 0.00685. The van der Waals surface area contributed by atoms with E-state index < -0.39 is 6.10 Å². The summed E-state index contributed by atoms with van der Waals surface area (Å²) < 4.78 is 5.40. The van der Waals surface area contributed by atoms with Gasteiger partial charge in [0, 0.05) is 5.56 Å². The molecule has 0 fully saturated rings. The van der Waals surface area contributed by atoms with Gasteiger partial charge in [-0.3, -0.25) is 0 Å². The maximum atomic E-state index is 9.70. The number of fused-ring (bicyclic) bond motifs is 1. The summed E-state index contributed by atoms with van der Waals surface area (Å²) in [5.74, 6) is 0.792. The standard InChI is InChI=1S/C9H9BrO2/c10-7-5-12-8-4-2-1-3-6(8)9(7)11/h1-4,7,9,11H,5H2/t7-,9-/m0/s1. The molecule has 1 aliphatic rings. The molecule has 0 aromatic heterocycles. The second kappa shape index (κ2) is 3.07. The molecule has 64 valence electrons. The lowest BCUT2D eigenvalue weighted by Crippen LogP contribution is -2.25. The Morgan fingerprint density at radius 2 is 2.17 bits per heavy atom. The predicted molar refractivity (Wildman–Crippen MR) is 49.6 cm³/mol. The highest BCUT2D eigenvalue weighted by Gasteiger charge is 2.26. The lowest BCUT2D eigenvalue weighted by Gasteiger charge is -2.26. The third-order valence-electron chi connectivity index (χ3n) is 1.98. The van der Waals surface area contributed by atoms with Gasteiger partial charge in [-0.25, -0.2) is 0 Å². The summed E-state index contributed by atoms with van der Waals surface area (Å²) in [6, 6.07) is 7.56. The van der Waals surface area contributed by atoms with Crippen LogP contribution in [-0.4, -0.2) is 16.5 Å². The first-order valence-corrected chi connectivity index (χ1v) is 4.74. The van der Waals surface area contributed by atoms with E-state index in [1.54, 1.807) is 0 Å². The highest BCUT2D eigenvalue weighted by atomic mass is 79.9. The number of ether oxygens (including phenoxy) is 1. The molecule has 2 rings (SSSR count). The molecule has 3 heteroatoms. The second-order valence-corrected chi connectivity index (χ2v) is 3.99. The van der Waals surface area contributed by atoms with Gasteiger partial charge in [0.15, 0.2) is 0 Å². The number of alkyl halides is 1. The first-order valence-electron chi connectivity index (χ1n) is 3.83. The second-order valence-electron chi connectivity index (χ2n) is 2.81. The highest BCUT2D eigenvalue weighted by molar-refractivity contribution is 9.09. The summed E-state index contributed by atoms with van der Waals surface area (Å²) in [5.41, 5.74) is 0.866. The lowest BCUT2D eigenvalue weighted by molar-refractivity contribution is 0.125. The molecular formula is C9H9BrO2. The van der Waals surface area contributed by atoms with Gasteiger partial charge < -0.3 is 9.84 Å². The number of benzene rings is 1. The minimum atomic E-state index is -0.449. The van der Waals surface area contributed by atoms with Gasteiger partial charge >= 0.3 is 0 Å². The lowest BCUT2D eigenvalue weighted by atomic mass is 10.0. The van der Waals surface area contributed by atoms with Crippen molar-refractivity contribution in [3.8, 4) is 5.75 Å². The van der Waals surface area contributed by atoms with Crippen LogP contribution in [0, 0.1) is 0 Å². The van der Waals surface area contributed by atoms with Crippen LogP contribution in [0.15, 0.2) is 24.3 Å². The topological polar surface area (TPSA) is 29.5 Å². The van der Waals surface area contributed by atoms with Gasteiger partial charge in [0.2, 0.25) is 0 Å². The monoisotopic (exact) mass is 228 g/mol. The fraction of sp³-hybridized carbons (Fsp3) is 0.333. The van der Waals surface area contributed by atoms with Crippen molar-refractivity contribution in [1.82, 2.24) is 0 Å². The fourth-order valence-corrected chi connectivity index (χ4v) is 1.73. The molecule has 0 unspecified atom stereocenters. The van der Waals surface area contributed by atoms with E-state index >= 15 is 0 Å². The van der Waals surface area contributed by atoms with Gasteiger partial charge in [-0.05, 0) is 6.07 Å². The van der Waals surface area contributed by atoms with Crippen molar-refractivity contribution >= 4 is 15.9 Å². The zero-order valence-corrected chi connectivity index (χ0v) is 7.99. The Labute approximate surface area is 79.3 Å². The summed E-state index contributed by atoms with van der Waals surface area (Å²) in [4.78, 5) is 0.00685. The van der Waals surface area contributed by atoms with Crippen molar-refractivity contribution in [2.75, 3.05) is 6.61 Å². The van der Waals surface area contributed by atoms with E-state index in [1.807, 2.05) is 24.3 Å². The number of rotatable bonds is 0. The third kappa shape index (κ3) is 1.23. The summed E-state index contributed by atoms with van der Waals surface area (Å²) in [5, 5.41) is 9.70. The molecule has 1 heterocycles. The van der Waals surface area contributed by atoms with Crippen molar-refractivity contribution in [3.63, 3.8) is 0 Å². The van der Waals surface area contributed by atoms with E-state index in [4.69, 9.17) is 4.74 Å². The molecule has 12 heavy (non-hydrogen) atoms. The number of hydrogen-bond donors (Lipinski definition) is 1. The Morgan fingerprint density at radius 1 is 1.42 bits per heavy atom. The van der Waals surface area contributed by atoms with Crippen LogP contribution in [0.4, 0.5) is 0 Å². The first-order chi connectivity index (χ1) is 5.79. The quantitative estimate of drug-likeness (QED) is 0.688. The molecule has 0 spiro atoms. The maximum Gasteiger partial charge on any atom is 0.125 e. The van der Waals surface area contributed by atoms with Gasteiger partial charge in [-0.2, -0.15) is 0 Å². The summed E-state index contributed by atoms with van der Waals surface area (Å²) >= 11 is 3.35. The fourth-order valence-electron chi connectivity index (χ4n) is 1.31. The number of halogens is 1. The average molecular weight is 229 g/mol. The maximum absolute atomic E-state index is 9.70. The first kappa shape index (κ1) is 8.08. The van der Waals surface area contributed by atoms with Crippen LogP contribution in [0.2, 0.25) is 0 Å². The number of hydrogen-bond acceptors (Lipinski definition) is 2. The largest absolute Gasteiger partial charge is 0.492 e. The van der Waals surface area contributed by atoms with Gasteiger partial charge in [0.05, 0.1) is 10.9 Å². The van der Waals surface area contributed by atoms with Crippen LogP contribution in [0.25, 0.3) is 0 Å². The zero-order chi connectivity index (χ0) is 8.55. The van der Waals surface area contributed by atoms with Crippen LogP contribution < -0.4 is 4.74 Å². The number of para-hydroxylation sites is 1. The molecule has 0 aliphatic carbocycles. The molecule has 1 aliphatic heterocycles. The Morgan fingerprint density at radius 3 is 3.00 bits per heavy atom. The van der Waals surface area contributed by atoms with Crippen molar-refractivity contribution < 1.29 is 9.84 Å². The summed E-state index contributed by atoms with van der Waals surface area (Å²) in [6.07, 6.45) is -0.449. The van der Waals surface area contributed by atoms with Gasteiger partial charge in [0.1, 0.15) is 12.4 Å². The van der Waals surface area contributed by atoms with Crippen molar-refractivity contribution in [2.45, 2.75) is 10.9 Å². The summed E-state index contributed by atoms with van der Waals surface area (Å²) in [7, 11) is 0. The van der Waals surface area contributed by atoms with E-state index in [2.05, 4.69) is 15.9 Å². The average Bonchev–Trinajstić information content (AvgIpc) is 2.12. The third-order valence-corrected chi connectivity index (χ3v) is 2.74. The van der Waals surface area contributed by atoms with Crippen LogP contribution in [0.5, 0.6) is 5.75 Å². The predicted octanol–water partition coefficient (Wildman–Crippen LogP) is 1.88. The van der Waals surface area contributed by atoms with Crippen LogP contribution in [-0.2, 0) is 0 Å². The van der Waals surface area contributed by atoms with E-state index in [-0.39, 0.29) is 4.83 Å². The van der Waals surface area contributed by atoms with E-state index in [9.17, 15) is 5.11 Å². The Kier molecular flexibility index (Phi) is 2.07. The van der Waals surface area contributed by atoms with E-state index in [0.29, 0.717) is 6.61 Å². The molecule has 2 atom stereocenters. The Bertz CT molecular complexity index is 288. The van der Waals surface area contributed by atoms with Gasteiger partial charge in [-0.15, -0.1) is 0 Å². The minimum Gasteiger partial charge on any atom is -0.492 e. The van der Waals surface area contributed by atoms with Crippen molar-refractivity contribution in [1.29, 1.82) is 0 Å². The van der Waals surface area contributed by atoms with Crippen LogP contribution in [0.1, 0.15) is 11.7 Å². The van der Waals surface area contributed by atoms with Gasteiger partial charge in [0.25, 0.3) is 0 Å². The molecule has 0 amide bonds. The Balaban J connectivity index is 2.42. The van der Waals surface area contributed by atoms with Crippen molar-refractivity contribution in [3.05, 3.63) is 29.8 Å². The van der Waals surface area contributed by atoms with E-state index in [0.717, 1.165) is 11.3 Å². The zero-order valence-electron chi connectivity index (χ0n) is 6.40. The summed E-state index contributed by atoms with van der Waals surface area (Å²) in [6.45, 7) is 0.526. The van der Waals surface area contributed by atoms with Crippen LogP contribution >= 0.6 is 15.9 Å². The SMILES string of the molecule is O[C@H]1c2ccccc2OC[C@@H]1Br. The molecule has 1 aromatic rings. The Hall–Kier alpha value is -0.540. The van der Waals surface area contributed by atoms with Crippen LogP contribution in [0.3, 0.4) is 0 Å². The smallest absolute Gasteiger partial charge is 0.125 e. The van der Waals surface area contributed by atoms with Gasteiger partial charge in [-0.1, -0.05) is 34.1 Å². The molecule has 0 saturated carbocycles. The molecule has 0 radical (unpaired) electrons. The van der Waals surface area contributed by atoms with Crippen molar-refractivity contribution in [2.24, 2.45) is 0 Å². The number of aliphatic hydroxyl groups is 1. The molecule has 2 nitrogen and oxygen atoms in total. The molecule has 1 N–H and O–H groups in total. The number of aliphatic hydroxyl groups excluding tert-OH is 1.